The highest BCUT2D eigenvalue weighted by molar-refractivity contribution is 6.00. The highest BCUT2D eigenvalue weighted by Crippen LogP contribution is 2.34. The van der Waals surface area contributed by atoms with Crippen LogP contribution in [-0.2, 0) is 0 Å². The fraction of sp³-hybridized carbons (Fsp3) is 0.200. The van der Waals surface area contributed by atoms with Crippen molar-refractivity contribution in [3.8, 4) is 11.1 Å². The molecule has 0 spiro atoms. The van der Waals surface area contributed by atoms with E-state index in [0.29, 0.717) is 11.1 Å². The van der Waals surface area contributed by atoms with Crippen LogP contribution in [0.25, 0.3) is 11.1 Å². The third kappa shape index (κ3) is 1.92. The molecule has 2 aromatic rings. The van der Waals surface area contributed by atoms with Crippen LogP contribution >= 0.6 is 0 Å². The summed E-state index contributed by atoms with van der Waals surface area (Å²) < 4.78 is 14.3. The summed E-state index contributed by atoms with van der Waals surface area (Å²) in [7, 11) is 0. The van der Waals surface area contributed by atoms with E-state index in [-0.39, 0.29) is 17.3 Å². The van der Waals surface area contributed by atoms with E-state index in [9.17, 15) is 9.18 Å². The highest BCUT2D eigenvalue weighted by Gasteiger charge is 2.32. The third-order valence-electron chi connectivity index (χ3n) is 3.11. The van der Waals surface area contributed by atoms with E-state index in [0.717, 1.165) is 12.8 Å². The van der Waals surface area contributed by atoms with Gasteiger partial charge in [-0.1, -0.05) is 18.2 Å². The van der Waals surface area contributed by atoms with E-state index in [1.807, 2.05) is 0 Å². The number of Topliss-reactive ketones (excluding diaryl/α,β-unsaturated/α-hetero) is 1. The van der Waals surface area contributed by atoms with Crippen LogP contribution in [0.5, 0.6) is 0 Å². The van der Waals surface area contributed by atoms with Gasteiger partial charge >= 0.3 is 0 Å². The Bertz CT molecular complexity index is 591. The number of rotatable bonds is 3. The molecule has 1 heterocycles. The Morgan fingerprint density at radius 2 is 2.11 bits per heavy atom. The number of benzene rings is 1. The van der Waals surface area contributed by atoms with Crippen LogP contribution in [0.2, 0.25) is 0 Å². The molecule has 0 amide bonds. The number of carbonyl (C=O) groups is 1. The molecule has 89 valence electrons. The van der Waals surface area contributed by atoms with Gasteiger partial charge in [0.25, 0.3) is 0 Å². The van der Waals surface area contributed by atoms with Gasteiger partial charge in [-0.2, -0.15) is 0 Å². The van der Waals surface area contributed by atoms with E-state index >= 15 is 0 Å². The summed E-state index contributed by atoms with van der Waals surface area (Å²) in [5.74, 6) is -0.524. The van der Waals surface area contributed by atoms with E-state index in [2.05, 4.69) is 11.2 Å². The second-order valence-corrected chi connectivity index (χ2v) is 4.47. The first kappa shape index (κ1) is 11.1. The first-order chi connectivity index (χ1) is 8.77. The van der Waals surface area contributed by atoms with E-state index in [1.165, 1.54) is 0 Å². The van der Waals surface area contributed by atoms with Crippen LogP contribution in [0, 0.1) is 17.9 Å². The van der Waals surface area contributed by atoms with Crippen molar-refractivity contribution >= 4 is 5.78 Å². The summed E-state index contributed by atoms with van der Waals surface area (Å²) >= 11 is 0. The SMILES string of the molecule is O=C(c1cccc(-c2[c]nccc2)c1F)C1CC1. The lowest BCUT2D eigenvalue weighted by Crippen LogP contribution is -2.05. The molecule has 0 N–H and O–H groups in total. The summed E-state index contributed by atoms with van der Waals surface area (Å²) in [6.45, 7) is 0. The lowest BCUT2D eigenvalue weighted by molar-refractivity contribution is 0.0964. The van der Waals surface area contributed by atoms with Crippen LogP contribution in [0.1, 0.15) is 23.2 Å². The Kier molecular flexibility index (Phi) is 2.67. The smallest absolute Gasteiger partial charge is 0.168 e. The number of ketones is 1. The number of halogens is 1. The number of aromatic nitrogens is 1. The molecule has 0 atom stereocenters. The highest BCUT2D eigenvalue weighted by atomic mass is 19.1. The Morgan fingerprint density at radius 1 is 1.28 bits per heavy atom. The van der Waals surface area contributed by atoms with Gasteiger partial charge in [-0.05, 0) is 25.0 Å². The van der Waals surface area contributed by atoms with Crippen molar-refractivity contribution < 1.29 is 9.18 Å². The van der Waals surface area contributed by atoms with Crippen molar-refractivity contribution in [1.29, 1.82) is 0 Å². The van der Waals surface area contributed by atoms with Crippen molar-refractivity contribution in [2.75, 3.05) is 0 Å². The molecule has 1 aromatic heterocycles. The zero-order valence-electron chi connectivity index (χ0n) is 9.69. The molecule has 0 saturated heterocycles. The molecule has 1 aliphatic rings. The molecule has 0 unspecified atom stereocenters. The number of pyridine rings is 1. The Labute approximate surface area is 104 Å². The van der Waals surface area contributed by atoms with Crippen molar-refractivity contribution in [2.24, 2.45) is 5.92 Å². The number of carbonyl (C=O) groups excluding carboxylic acids is 1. The van der Waals surface area contributed by atoms with Gasteiger partial charge in [0, 0.05) is 23.2 Å². The normalized spacial score (nSPS) is 14.5. The number of nitrogens with zero attached hydrogens (tertiary/aromatic N) is 1. The van der Waals surface area contributed by atoms with Gasteiger partial charge in [-0.25, -0.2) is 4.39 Å². The number of hydrogen-bond acceptors (Lipinski definition) is 2. The summed E-state index contributed by atoms with van der Waals surface area (Å²) in [5, 5.41) is 0. The topological polar surface area (TPSA) is 30.0 Å². The van der Waals surface area contributed by atoms with Gasteiger partial charge in [0.1, 0.15) is 5.82 Å². The van der Waals surface area contributed by atoms with E-state index in [1.54, 1.807) is 36.5 Å². The minimum Gasteiger partial charge on any atom is -0.294 e. The average molecular weight is 240 g/mol. The summed E-state index contributed by atoms with van der Waals surface area (Å²) in [6, 6.07) is 8.36. The molecule has 2 nitrogen and oxygen atoms in total. The fourth-order valence-corrected chi connectivity index (χ4v) is 1.97. The average Bonchev–Trinajstić information content (AvgIpc) is 3.24. The van der Waals surface area contributed by atoms with Gasteiger partial charge in [0.15, 0.2) is 5.78 Å². The zero-order valence-corrected chi connectivity index (χ0v) is 9.69. The predicted molar refractivity (Wildman–Crippen MR) is 65.5 cm³/mol. The second kappa shape index (κ2) is 4.33. The van der Waals surface area contributed by atoms with E-state index < -0.39 is 5.82 Å². The lowest BCUT2D eigenvalue weighted by Gasteiger charge is -2.06. The molecule has 0 aliphatic heterocycles. The Morgan fingerprint density at radius 3 is 2.78 bits per heavy atom. The van der Waals surface area contributed by atoms with Crippen LogP contribution < -0.4 is 0 Å². The maximum Gasteiger partial charge on any atom is 0.168 e. The molecular weight excluding hydrogens is 229 g/mol. The minimum atomic E-state index is -0.460. The molecule has 1 aliphatic carbocycles. The van der Waals surface area contributed by atoms with Crippen molar-refractivity contribution in [3.05, 3.63) is 54.1 Å². The lowest BCUT2D eigenvalue weighted by atomic mass is 9.99. The molecule has 18 heavy (non-hydrogen) atoms. The maximum absolute atomic E-state index is 14.3. The summed E-state index contributed by atoms with van der Waals surface area (Å²) in [4.78, 5) is 15.8. The third-order valence-corrected chi connectivity index (χ3v) is 3.11. The molecular formula is C15H11FNO. The molecule has 1 radical (unpaired) electrons. The summed E-state index contributed by atoms with van der Waals surface area (Å²) in [6.07, 6.45) is 6.07. The van der Waals surface area contributed by atoms with Crippen molar-refractivity contribution in [3.63, 3.8) is 0 Å². The van der Waals surface area contributed by atoms with Gasteiger partial charge in [-0.3, -0.25) is 9.78 Å². The molecule has 3 heteroatoms. The van der Waals surface area contributed by atoms with Crippen LogP contribution in [0.3, 0.4) is 0 Å². The molecule has 1 saturated carbocycles. The largest absolute Gasteiger partial charge is 0.294 e. The monoisotopic (exact) mass is 240 g/mol. The van der Waals surface area contributed by atoms with Gasteiger partial charge in [0.2, 0.25) is 0 Å². The van der Waals surface area contributed by atoms with Crippen LogP contribution in [0.15, 0.2) is 36.5 Å². The standard InChI is InChI=1S/C15H11FNO/c16-14-12(11-3-2-8-17-9-11)4-1-5-13(14)15(18)10-6-7-10/h1-5,8,10H,6-7H2. The summed E-state index contributed by atoms with van der Waals surface area (Å²) in [5.41, 5.74) is 1.14. The van der Waals surface area contributed by atoms with Gasteiger partial charge < -0.3 is 0 Å². The molecule has 0 bridgehead atoms. The first-order valence-corrected chi connectivity index (χ1v) is 5.93. The Hall–Kier alpha value is -2.03. The first-order valence-electron chi connectivity index (χ1n) is 5.93. The van der Waals surface area contributed by atoms with Gasteiger partial charge in [-0.15, -0.1) is 0 Å². The molecule has 1 aromatic carbocycles. The van der Waals surface area contributed by atoms with Crippen molar-refractivity contribution in [1.82, 2.24) is 4.98 Å². The minimum absolute atomic E-state index is 0.0210. The van der Waals surface area contributed by atoms with Crippen LogP contribution in [0.4, 0.5) is 4.39 Å². The van der Waals surface area contributed by atoms with Gasteiger partial charge in [0.05, 0.1) is 11.8 Å². The van der Waals surface area contributed by atoms with E-state index in [4.69, 9.17) is 0 Å². The number of hydrogen-bond donors (Lipinski definition) is 0. The molecule has 1 fully saturated rings. The second-order valence-electron chi connectivity index (χ2n) is 4.47. The predicted octanol–water partition coefficient (Wildman–Crippen LogP) is 3.28. The quantitative estimate of drug-likeness (QED) is 0.770. The van der Waals surface area contributed by atoms with Crippen molar-refractivity contribution in [2.45, 2.75) is 12.8 Å². The molecule has 3 rings (SSSR count). The maximum atomic E-state index is 14.3. The Balaban J connectivity index is 2.06. The van der Waals surface area contributed by atoms with Crippen LogP contribution in [-0.4, -0.2) is 10.8 Å². The fourth-order valence-electron chi connectivity index (χ4n) is 1.97. The zero-order chi connectivity index (χ0) is 12.5.